The minimum atomic E-state index is -1.02. The number of para-hydroxylation sites is 1. The van der Waals surface area contributed by atoms with E-state index in [4.69, 9.17) is 4.74 Å². The van der Waals surface area contributed by atoms with E-state index < -0.39 is 11.7 Å². The first kappa shape index (κ1) is 23.6. The predicted molar refractivity (Wildman–Crippen MR) is 131 cm³/mol. The number of fused-ring (bicyclic) bond motifs is 1. The highest BCUT2D eigenvalue weighted by Crippen LogP contribution is 2.31. The van der Waals surface area contributed by atoms with E-state index in [1.165, 1.54) is 0 Å². The van der Waals surface area contributed by atoms with Crippen LogP contribution in [0, 0.1) is 0 Å². The van der Waals surface area contributed by atoms with E-state index in [9.17, 15) is 14.7 Å². The Labute approximate surface area is 201 Å². The van der Waals surface area contributed by atoms with Crippen LogP contribution in [0.15, 0.2) is 76.0 Å². The van der Waals surface area contributed by atoms with Gasteiger partial charge in [0.05, 0.1) is 29.7 Å². The minimum Gasteiger partial charge on any atom is -0.478 e. The summed E-state index contributed by atoms with van der Waals surface area (Å²) in [5, 5.41) is 13.5. The van der Waals surface area contributed by atoms with Gasteiger partial charge in [0.1, 0.15) is 0 Å². The fourth-order valence-corrected chi connectivity index (χ4v) is 3.98. The first-order chi connectivity index (χ1) is 16.5. The van der Waals surface area contributed by atoms with Crippen LogP contribution in [0.1, 0.15) is 22.8 Å². The molecular weight excluding hydrogens is 447 g/mol. The van der Waals surface area contributed by atoms with E-state index in [1.807, 2.05) is 55.5 Å². The number of aromatic nitrogens is 4. The van der Waals surface area contributed by atoms with Crippen LogP contribution in [0.3, 0.4) is 0 Å². The van der Waals surface area contributed by atoms with E-state index in [-0.39, 0.29) is 14.0 Å². The number of rotatable bonds is 7. The molecule has 173 valence electrons. The third-order valence-corrected chi connectivity index (χ3v) is 5.46. The Morgan fingerprint density at radius 2 is 1.80 bits per heavy atom. The molecule has 2 heterocycles. The van der Waals surface area contributed by atoms with Gasteiger partial charge >= 0.3 is 11.7 Å². The number of nitrogens with one attached hydrogen (secondary N) is 1. The maximum absolute atomic E-state index is 11.8. The van der Waals surface area contributed by atoms with Gasteiger partial charge < -0.3 is 9.84 Å². The molecule has 2 N–H and O–H groups in total. The number of H-pyrrole nitrogens is 1. The zero-order valence-electron chi connectivity index (χ0n) is 18.8. The number of carbonyl (C=O) groups is 1. The summed E-state index contributed by atoms with van der Waals surface area (Å²) in [6, 6.07) is 20.8. The maximum atomic E-state index is 11.8. The largest absolute Gasteiger partial charge is 0.478 e. The number of hydrogen-bond acceptors (Lipinski definition) is 6. The summed E-state index contributed by atoms with van der Waals surface area (Å²) >= 11 is 0. The summed E-state index contributed by atoms with van der Waals surface area (Å²) in [5.41, 5.74) is 4.74. The molecule has 5 aromatic rings. The fraction of sp³-hybridized carbons (Fsp3) is 0.120. The smallest absolute Gasteiger partial charge is 0.439 e. The Kier molecular flexibility index (Phi) is 6.54. The fourth-order valence-electron chi connectivity index (χ4n) is 3.98. The minimum absolute atomic E-state index is 0. The molecular formula is C25H20BN4O5. The van der Waals surface area contributed by atoms with Gasteiger partial charge in [-0.15, -0.1) is 0 Å². The average Bonchev–Trinajstić information content (AvgIpc) is 3.43. The number of hydrogen-bond donors (Lipinski definition) is 2. The van der Waals surface area contributed by atoms with Gasteiger partial charge in [-0.05, 0) is 35.7 Å². The number of aromatic amines is 1. The van der Waals surface area contributed by atoms with Gasteiger partial charge in [-0.1, -0.05) is 59.8 Å². The highest BCUT2D eigenvalue weighted by Gasteiger charge is 2.19. The molecule has 10 heteroatoms. The van der Waals surface area contributed by atoms with Crippen LogP contribution in [0.2, 0.25) is 0 Å². The number of ether oxygens (including phenoxy) is 1. The lowest BCUT2D eigenvalue weighted by atomic mass is 9.98. The zero-order valence-corrected chi connectivity index (χ0v) is 18.8. The summed E-state index contributed by atoms with van der Waals surface area (Å²) in [4.78, 5) is 30.3. The molecule has 35 heavy (non-hydrogen) atoms. The van der Waals surface area contributed by atoms with E-state index in [0.29, 0.717) is 36.0 Å². The lowest BCUT2D eigenvalue weighted by Gasteiger charge is -2.12. The molecule has 0 amide bonds. The molecule has 0 atom stereocenters. The highest BCUT2D eigenvalue weighted by molar-refractivity contribution is 6.01. The van der Waals surface area contributed by atoms with Crippen molar-refractivity contribution < 1.29 is 19.2 Å². The molecule has 0 fully saturated rings. The standard InChI is InChI=1S/C25H20N4O5.B/c1-2-33-24-26-20-9-5-8-19(23(30)31)21(20)29(24)14-15-10-12-16(13-11-15)17-6-3-4-7-18(17)22-27-25(32)34-28-22;/h3-13H,2,14H2,1H3,(H,30,31)(H,27,28,32);. The van der Waals surface area contributed by atoms with Crippen LogP contribution in [0.4, 0.5) is 0 Å². The zero-order chi connectivity index (χ0) is 23.7. The summed E-state index contributed by atoms with van der Waals surface area (Å²) in [6.07, 6.45) is 0. The Morgan fingerprint density at radius 3 is 2.46 bits per heavy atom. The van der Waals surface area contributed by atoms with Crippen molar-refractivity contribution in [1.29, 1.82) is 0 Å². The van der Waals surface area contributed by atoms with Crippen molar-refractivity contribution in [2.75, 3.05) is 6.61 Å². The van der Waals surface area contributed by atoms with Gasteiger partial charge in [-0.3, -0.25) is 14.1 Å². The molecule has 0 saturated heterocycles. The van der Waals surface area contributed by atoms with Gasteiger partial charge in [-0.2, -0.15) is 4.98 Å². The monoisotopic (exact) mass is 467 g/mol. The van der Waals surface area contributed by atoms with Crippen molar-refractivity contribution in [2.24, 2.45) is 0 Å². The SMILES string of the molecule is CCOc1nc2cccc(C(=O)O)c2n1Cc1ccc(-c2ccccc2-c2noc(=O)[nH]2)cc1.[B]. The molecule has 3 aromatic carbocycles. The predicted octanol–water partition coefficient (Wildman–Crippen LogP) is 3.81. The maximum Gasteiger partial charge on any atom is 0.439 e. The number of aromatic carboxylic acids is 1. The first-order valence-electron chi connectivity index (χ1n) is 10.6. The van der Waals surface area contributed by atoms with Gasteiger partial charge in [0.15, 0.2) is 5.82 Å². The second kappa shape index (κ2) is 9.72. The molecule has 0 spiro atoms. The molecule has 0 bridgehead atoms. The van der Waals surface area contributed by atoms with Gasteiger partial charge in [0.2, 0.25) is 0 Å². The molecule has 3 radical (unpaired) electrons. The number of benzene rings is 3. The van der Waals surface area contributed by atoms with Gasteiger partial charge in [0.25, 0.3) is 6.01 Å². The molecule has 0 aliphatic heterocycles. The van der Waals surface area contributed by atoms with Crippen LogP contribution in [0.25, 0.3) is 33.5 Å². The summed E-state index contributed by atoms with van der Waals surface area (Å²) in [7, 11) is 0. The Morgan fingerprint density at radius 1 is 1.06 bits per heavy atom. The van der Waals surface area contributed by atoms with Crippen LogP contribution >= 0.6 is 0 Å². The third kappa shape index (κ3) is 4.46. The van der Waals surface area contributed by atoms with E-state index >= 15 is 0 Å². The normalized spacial score (nSPS) is 10.8. The molecule has 0 saturated carbocycles. The second-order valence-electron chi connectivity index (χ2n) is 7.58. The highest BCUT2D eigenvalue weighted by atomic mass is 16.5. The lowest BCUT2D eigenvalue weighted by Crippen LogP contribution is -2.08. The topological polar surface area (TPSA) is 123 Å². The van der Waals surface area contributed by atoms with Gasteiger partial charge in [0, 0.05) is 14.0 Å². The lowest BCUT2D eigenvalue weighted by molar-refractivity contribution is 0.0698. The molecule has 0 aliphatic carbocycles. The number of carboxylic acid groups (broad SMARTS) is 1. The van der Waals surface area contributed by atoms with Crippen LogP contribution in [0.5, 0.6) is 6.01 Å². The van der Waals surface area contributed by atoms with Crippen molar-refractivity contribution in [3.63, 3.8) is 0 Å². The Bertz CT molecular complexity index is 1550. The van der Waals surface area contributed by atoms with Crippen molar-refractivity contribution >= 4 is 25.4 Å². The van der Waals surface area contributed by atoms with Crippen molar-refractivity contribution in [3.05, 3.63) is 88.4 Å². The van der Waals surface area contributed by atoms with Gasteiger partial charge in [-0.25, -0.2) is 9.59 Å². The summed E-state index contributed by atoms with van der Waals surface area (Å²) in [5.74, 6) is -1.27. The third-order valence-electron chi connectivity index (χ3n) is 5.46. The summed E-state index contributed by atoms with van der Waals surface area (Å²) in [6.45, 7) is 2.65. The Balaban J connectivity index is 0.00000289. The van der Waals surface area contributed by atoms with Crippen LogP contribution in [-0.2, 0) is 6.54 Å². The van der Waals surface area contributed by atoms with E-state index in [2.05, 4.69) is 19.6 Å². The number of nitrogens with zero attached hydrogens (tertiary/aromatic N) is 3. The molecule has 0 aliphatic rings. The molecule has 9 nitrogen and oxygen atoms in total. The molecule has 2 aromatic heterocycles. The van der Waals surface area contributed by atoms with Crippen molar-refractivity contribution in [2.45, 2.75) is 13.5 Å². The average molecular weight is 467 g/mol. The summed E-state index contributed by atoms with van der Waals surface area (Å²) < 4.78 is 12.1. The van der Waals surface area contributed by atoms with Crippen molar-refractivity contribution in [1.82, 2.24) is 19.7 Å². The second-order valence-corrected chi connectivity index (χ2v) is 7.58. The van der Waals surface area contributed by atoms with E-state index in [0.717, 1.165) is 22.3 Å². The van der Waals surface area contributed by atoms with E-state index in [1.54, 1.807) is 22.8 Å². The molecule has 5 rings (SSSR count). The van der Waals surface area contributed by atoms with Crippen molar-refractivity contribution in [3.8, 4) is 28.5 Å². The molecule has 0 unspecified atom stereocenters. The number of imidazole rings is 1. The Hall–Kier alpha value is -4.60. The number of carboxylic acids is 1. The quantitative estimate of drug-likeness (QED) is 0.349. The first-order valence-corrected chi connectivity index (χ1v) is 10.6. The van der Waals surface area contributed by atoms with Crippen LogP contribution < -0.4 is 10.5 Å². The van der Waals surface area contributed by atoms with Crippen LogP contribution in [-0.4, -0.2) is 45.8 Å².